The van der Waals surface area contributed by atoms with Crippen LogP contribution >= 0.6 is 11.3 Å². The molecule has 2 aromatic rings. The lowest BCUT2D eigenvalue weighted by atomic mass is 10.2. The molecule has 0 aliphatic carbocycles. The molecule has 0 N–H and O–H groups in total. The van der Waals surface area contributed by atoms with Crippen LogP contribution in [0.4, 0.5) is 4.39 Å². The second-order valence-corrected chi connectivity index (χ2v) is 5.59. The number of carbonyl (C=O) groups excluding carboxylic acids is 2. The van der Waals surface area contributed by atoms with Crippen molar-refractivity contribution < 1.29 is 18.7 Å². The predicted octanol–water partition coefficient (Wildman–Crippen LogP) is 3.07. The van der Waals surface area contributed by atoms with E-state index >= 15 is 0 Å². The number of thiophene rings is 1. The Kier molecular flexibility index (Phi) is 4.90. The maximum Gasteiger partial charge on any atom is 0.307 e. The van der Waals surface area contributed by atoms with Gasteiger partial charge in [-0.15, -0.1) is 11.3 Å². The summed E-state index contributed by atoms with van der Waals surface area (Å²) in [7, 11) is 1.32. The standard InChI is InChI=1S/C15H16FNO3S/c1-3-17(7-6-14(18)20-2)15(19)13-8-10-4-5-11(16)9-12(10)21-13/h4-5,8-9H,3,6-7H2,1-2H3. The molecule has 0 aliphatic heterocycles. The molecule has 0 saturated heterocycles. The maximum absolute atomic E-state index is 13.2. The molecule has 1 amide bonds. The van der Waals surface area contributed by atoms with Crippen LogP contribution in [0.25, 0.3) is 10.1 Å². The summed E-state index contributed by atoms with van der Waals surface area (Å²) < 4.78 is 18.5. The molecular weight excluding hydrogens is 293 g/mol. The van der Waals surface area contributed by atoms with Crippen molar-refractivity contribution in [2.24, 2.45) is 0 Å². The van der Waals surface area contributed by atoms with Crippen LogP contribution in [0.1, 0.15) is 23.0 Å². The van der Waals surface area contributed by atoms with Crippen molar-refractivity contribution in [3.05, 3.63) is 35.0 Å². The number of hydrogen-bond acceptors (Lipinski definition) is 4. The Morgan fingerprint density at radius 3 is 2.76 bits per heavy atom. The summed E-state index contributed by atoms with van der Waals surface area (Å²) in [5, 5.41) is 0.841. The van der Waals surface area contributed by atoms with Gasteiger partial charge in [-0.2, -0.15) is 0 Å². The summed E-state index contributed by atoms with van der Waals surface area (Å²) in [5.41, 5.74) is 0. The van der Waals surface area contributed by atoms with Crippen molar-refractivity contribution in [3.63, 3.8) is 0 Å². The average molecular weight is 309 g/mol. The van der Waals surface area contributed by atoms with Gasteiger partial charge in [0.15, 0.2) is 0 Å². The Balaban J connectivity index is 2.17. The summed E-state index contributed by atoms with van der Waals surface area (Å²) in [6, 6.07) is 6.20. The zero-order valence-corrected chi connectivity index (χ0v) is 12.7. The monoisotopic (exact) mass is 309 g/mol. The Bertz CT molecular complexity index is 668. The first kappa shape index (κ1) is 15.4. The first-order valence-corrected chi connectivity index (χ1v) is 7.42. The second kappa shape index (κ2) is 6.67. The summed E-state index contributed by atoms with van der Waals surface area (Å²) in [5.74, 6) is -0.816. The van der Waals surface area contributed by atoms with Gasteiger partial charge in [0.05, 0.1) is 18.4 Å². The van der Waals surface area contributed by atoms with Crippen LogP contribution in [0.3, 0.4) is 0 Å². The number of nitrogens with zero attached hydrogens (tertiary/aromatic N) is 1. The van der Waals surface area contributed by atoms with E-state index in [0.717, 1.165) is 10.1 Å². The predicted molar refractivity (Wildman–Crippen MR) is 80.0 cm³/mol. The molecule has 0 unspecified atom stereocenters. The number of hydrogen-bond donors (Lipinski definition) is 0. The van der Waals surface area contributed by atoms with Crippen molar-refractivity contribution >= 4 is 33.3 Å². The van der Waals surface area contributed by atoms with E-state index in [1.54, 1.807) is 17.0 Å². The Morgan fingerprint density at radius 1 is 1.33 bits per heavy atom. The fourth-order valence-electron chi connectivity index (χ4n) is 2.00. The van der Waals surface area contributed by atoms with Gasteiger partial charge in [-0.1, -0.05) is 6.07 Å². The molecule has 1 heterocycles. The third kappa shape index (κ3) is 3.58. The minimum absolute atomic E-state index is 0.150. The molecule has 2 rings (SSSR count). The van der Waals surface area contributed by atoms with Crippen LogP contribution in [0, 0.1) is 5.82 Å². The van der Waals surface area contributed by atoms with Crippen LogP contribution < -0.4 is 0 Å². The van der Waals surface area contributed by atoms with E-state index in [9.17, 15) is 14.0 Å². The summed E-state index contributed by atoms with van der Waals surface area (Å²) in [6.45, 7) is 2.66. The molecule has 4 nitrogen and oxygen atoms in total. The minimum Gasteiger partial charge on any atom is -0.469 e. The summed E-state index contributed by atoms with van der Waals surface area (Å²) in [6.07, 6.45) is 0.162. The highest BCUT2D eigenvalue weighted by molar-refractivity contribution is 7.20. The van der Waals surface area contributed by atoms with E-state index in [1.165, 1.54) is 30.6 Å². The van der Waals surface area contributed by atoms with Gasteiger partial charge in [-0.25, -0.2) is 4.39 Å². The molecule has 1 aromatic carbocycles. The van der Waals surface area contributed by atoms with Crippen LogP contribution in [-0.2, 0) is 9.53 Å². The number of esters is 1. The third-order valence-corrected chi connectivity index (χ3v) is 4.26. The quantitative estimate of drug-likeness (QED) is 0.798. The zero-order chi connectivity index (χ0) is 15.4. The van der Waals surface area contributed by atoms with Gasteiger partial charge in [-0.05, 0) is 30.5 Å². The molecule has 0 fully saturated rings. The smallest absolute Gasteiger partial charge is 0.307 e. The second-order valence-electron chi connectivity index (χ2n) is 4.50. The van der Waals surface area contributed by atoms with E-state index in [2.05, 4.69) is 4.74 Å². The number of rotatable bonds is 5. The molecule has 0 atom stereocenters. The third-order valence-electron chi connectivity index (χ3n) is 3.18. The molecular formula is C15H16FNO3S. The first-order chi connectivity index (χ1) is 10.0. The zero-order valence-electron chi connectivity index (χ0n) is 11.9. The van der Waals surface area contributed by atoms with Gasteiger partial charge in [-0.3, -0.25) is 9.59 Å². The highest BCUT2D eigenvalue weighted by Crippen LogP contribution is 2.27. The molecule has 0 spiro atoms. The maximum atomic E-state index is 13.2. The lowest BCUT2D eigenvalue weighted by Crippen LogP contribution is -2.32. The largest absolute Gasteiger partial charge is 0.469 e. The number of fused-ring (bicyclic) bond motifs is 1. The van der Waals surface area contributed by atoms with Gasteiger partial charge in [0.25, 0.3) is 5.91 Å². The fraction of sp³-hybridized carbons (Fsp3) is 0.333. The molecule has 0 saturated carbocycles. The van der Waals surface area contributed by atoms with E-state index in [0.29, 0.717) is 18.0 Å². The Hall–Kier alpha value is -1.95. The number of ether oxygens (including phenoxy) is 1. The van der Waals surface area contributed by atoms with Crippen molar-refractivity contribution in [2.75, 3.05) is 20.2 Å². The minimum atomic E-state index is -0.348. The van der Waals surface area contributed by atoms with Crippen molar-refractivity contribution in [1.29, 1.82) is 0 Å². The highest BCUT2D eigenvalue weighted by atomic mass is 32.1. The summed E-state index contributed by atoms with van der Waals surface area (Å²) in [4.78, 5) is 25.7. The topological polar surface area (TPSA) is 46.6 Å². The molecule has 1 aromatic heterocycles. The normalized spacial score (nSPS) is 10.6. The van der Waals surface area contributed by atoms with Crippen molar-refractivity contribution in [3.8, 4) is 0 Å². The average Bonchev–Trinajstić information content (AvgIpc) is 2.90. The number of methoxy groups -OCH3 is 1. The van der Waals surface area contributed by atoms with Crippen LogP contribution in [0.5, 0.6) is 0 Å². The number of amides is 1. The summed E-state index contributed by atoms with van der Waals surface area (Å²) >= 11 is 1.26. The molecule has 0 aliphatic rings. The molecule has 21 heavy (non-hydrogen) atoms. The SMILES string of the molecule is CCN(CCC(=O)OC)C(=O)c1cc2ccc(F)cc2s1. The Labute approximate surface area is 126 Å². The van der Waals surface area contributed by atoms with Gasteiger partial charge in [0.1, 0.15) is 5.82 Å². The lowest BCUT2D eigenvalue weighted by molar-refractivity contribution is -0.140. The van der Waals surface area contributed by atoms with E-state index < -0.39 is 0 Å². The van der Waals surface area contributed by atoms with Gasteiger partial charge >= 0.3 is 5.97 Å². The van der Waals surface area contributed by atoms with Crippen LogP contribution in [0.2, 0.25) is 0 Å². The highest BCUT2D eigenvalue weighted by Gasteiger charge is 2.18. The fourth-order valence-corrected chi connectivity index (χ4v) is 3.05. The van der Waals surface area contributed by atoms with E-state index in [-0.39, 0.29) is 24.1 Å². The van der Waals surface area contributed by atoms with Gasteiger partial charge < -0.3 is 9.64 Å². The number of benzene rings is 1. The Morgan fingerprint density at radius 2 is 2.10 bits per heavy atom. The molecule has 6 heteroatoms. The van der Waals surface area contributed by atoms with Crippen LogP contribution in [0.15, 0.2) is 24.3 Å². The van der Waals surface area contributed by atoms with Gasteiger partial charge in [0, 0.05) is 17.8 Å². The molecule has 112 valence electrons. The number of carbonyl (C=O) groups is 2. The van der Waals surface area contributed by atoms with Crippen LogP contribution in [-0.4, -0.2) is 37.0 Å². The number of halogens is 1. The van der Waals surface area contributed by atoms with Crippen molar-refractivity contribution in [2.45, 2.75) is 13.3 Å². The van der Waals surface area contributed by atoms with E-state index in [1.807, 2.05) is 6.92 Å². The molecule has 0 bridgehead atoms. The first-order valence-electron chi connectivity index (χ1n) is 6.60. The van der Waals surface area contributed by atoms with Crippen molar-refractivity contribution in [1.82, 2.24) is 4.90 Å². The molecule has 0 radical (unpaired) electrons. The van der Waals surface area contributed by atoms with Gasteiger partial charge in [0.2, 0.25) is 0 Å². The van der Waals surface area contributed by atoms with E-state index in [4.69, 9.17) is 0 Å². The lowest BCUT2D eigenvalue weighted by Gasteiger charge is -2.19.